The monoisotopic (exact) mass is 243 g/mol. The highest BCUT2D eigenvalue weighted by molar-refractivity contribution is 6.76. The van der Waals surface area contributed by atoms with Gasteiger partial charge in [0.15, 0.2) is 0 Å². The van der Waals surface area contributed by atoms with Gasteiger partial charge >= 0.3 is 0 Å². The Kier molecular flexibility index (Phi) is 5.77. The minimum atomic E-state index is -1.89. The largest absolute Gasteiger partial charge is 0.346 e. The second-order valence-corrected chi connectivity index (χ2v) is 4.88. The lowest BCUT2D eigenvalue weighted by Crippen LogP contribution is -2.40. The second kappa shape index (κ2) is 5.74. The van der Waals surface area contributed by atoms with Crippen LogP contribution in [-0.4, -0.2) is 15.7 Å². The maximum Gasteiger partial charge on any atom is 0.272 e. The van der Waals surface area contributed by atoms with Crippen LogP contribution in [0.3, 0.4) is 0 Å². The number of hydrogen-bond donors (Lipinski definition) is 1. The first-order valence-electron chi connectivity index (χ1n) is 3.92. The summed E-state index contributed by atoms with van der Waals surface area (Å²) in [4.78, 5) is 11.2. The second-order valence-electron chi connectivity index (χ2n) is 2.60. The van der Waals surface area contributed by atoms with E-state index in [9.17, 15) is 4.79 Å². The quantitative estimate of drug-likeness (QED) is 0.598. The maximum absolute atomic E-state index is 11.2. The molecule has 1 atom stereocenters. The molecule has 0 unspecified atom stereocenters. The fourth-order valence-electron chi connectivity index (χ4n) is 0.810. The zero-order valence-electron chi connectivity index (χ0n) is 7.32. The van der Waals surface area contributed by atoms with E-state index in [4.69, 9.17) is 34.8 Å². The summed E-state index contributed by atoms with van der Waals surface area (Å²) in [5, 5.41) is 2.55. The fraction of sp³-hybridized carbons (Fsp3) is 0.625. The lowest BCUT2D eigenvalue weighted by atomic mass is 10.2. The molecule has 0 aromatic rings. The number of rotatable bonds is 4. The molecule has 13 heavy (non-hydrogen) atoms. The van der Waals surface area contributed by atoms with Crippen molar-refractivity contribution in [1.29, 1.82) is 0 Å². The molecule has 2 nitrogen and oxygen atoms in total. The van der Waals surface area contributed by atoms with Crippen molar-refractivity contribution in [2.45, 2.75) is 29.6 Å². The van der Waals surface area contributed by atoms with Crippen LogP contribution in [-0.2, 0) is 4.79 Å². The molecule has 0 bridgehead atoms. The zero-order chi connectivity index (χ0) is 10.5. The highest BCUT2D eigenvalue weighted by Crippen LogP contribution is 2.26. The molecule has 0 fully saturated rings. The number of hydrogen-bond acceptors (Lipinski definition) is 1. The summed E-state index contributed by atoms with van der Waals surface area (Å²) in [6.45, 7) is 5.57. The lowest BCUT2D eigenvalue weighted by Gasteiger charge is -2.17. The molecule has 0 heterocycles. The van der Waals surface area contributed by atoms with E-state index in [0.29, 0.717) is 0 Å². The standard InChI is InChI=1S/C8H12Cl3NO/c1-3-5-6(4-2)12-7(13)8(9,10)11/h4,6H,2-3,5H2,1H3,(H,12,13)/t6-/m1/s1. The number of amides is 1. The first kappa shape index (κ1) is 13.1. The first-order chi connectivity index (χ1) is 5.91. The van der Waals surface area contributed by atoms with Crippen LogP contribution in [0.15, 0.2) is 12.7 Å². The summed E-state index contributed by atoms with van der Waals surface area (Å²) >= 11 is 16.1. The Hall–Kier alpha value is 0.0800. The van der Waals surface area contributed by atoms with E-state index >= 15 is 0 Å². The normalized spacial score (nSPS) is 13.5. The lowest BCUT2D eigenvalue weighted by molar-refractivity contribution is -0.120. The van der Waals surface area contributed by atoms with Crippen molar-refractivity contribution >= 4 is 40.7 Å². The Morgan fingerprint density at radius 3 is 2.46 bits per heavy atom. The molecule has 0 aromatic carbocycles. The van der Waals surface area contributed by atoms with E-state index in [2.05, 4.69) is 11.9 Å². The number of carbonyl (C=O) groups excluding carboxylic acids is 1. The topological polar surface area (TPSA) is 29.1 Å². The number of halogens is 3. The van der Waals surface area contributed by atoms with Gasteiger partial charge in [-0.3, -0.25) is 4.79 Å². The van der Waals surface area contributed by atoms with Crippen molar-refractivity contribution in [2.75, 3.05) is 0 Å². The molecule has 0 aliphatic rings. The van der Waals surface area contributed by atoms with E-state index in [1.165, 1.54) is 0 Å². The molecule has 0 saturated carbocycles. The highest BCUT2D eigenvalue weighted by Gasteiger charge is 2.31. The van der Waals surface area contributed by atoms with Crippen molar-refractivity contribution in [3.8, 4) is 0 Å². The van der Waals surface area contributed by atoms with Crippen molar-refractivity contribution < 1.29 is 4.79 Å². The van der Waals surface area contributed by atoms with Crippen LogP contribution in [0.4, 0.5) is 0 Å². The summed E-state index contributed by atoms with van der Waals surface area (Å²) in [6.07, 6.45) is 3.34. The Balaban J connectivity index is 4.09. The summed E-state index contributed by atoms with van der Waals surface area (Å²) < 4.78 is -1.89. The average molecular weight is 245 g/mol. The van der Waals surface area contributed by atoms with E-state index in [-0.39, 0.29) is 6.04 Å². The van der Waals surface area contributed by atoms with Gasteiger partial charge in [-0.1, -0.05) is 54.2 Å². The van der Waals surface area contributed by atoms with Gasteiger partial charge in [0.2, 0.25) is 0 Å². The smallest absolute Gasteiger partial charge is 0.272 e. The summed E-state index contributed by atoms with van der Waals surface area (Å²) in [5.74, 6) is -0.615. The van der Waals surface area contributed by atoms with Crippen LogP contribution >= 0.6 is 34.8 Å². The van der Waals surface area contributed by atoms with Crippen LogP contribution in [0, 0.1) is 0 Å². The van der Waals surface area contributed by atoms with Gasteiger partial charge in [0.25, 0.3) is 9.70 Å². The third-order valence-corrected chi connectivity index (χ3v) is 1.97. The van der Waals surface area contributed by atoms with Gasteiger partial charge in [-0.2, -0.15) is 0 Å². The molecule has 5 heteroatoms. The van der Waals surface area contributed by atoms with Crippen LogP contribution < -0.4 is 5.32 Å². The Labute approximate surface area is 93.2 Å². The summed E-state index contributed by atoms with van der Waals surface area (Å²) in [6, 6.07) is -0.131. The molecule has 1 N–H and O–H groups in total. The van der Waals surface area contributed by atoms with Crippen molar-refractivity contribution in [3.05, 3.63) is 12.7 Å². The van der Waals surface area contributed by atoms with Gasteiger partial charge in [-0.25, -0.2) is 0 Å². The zero-order valence-corrected chi connectivity index (χ0v) is 9.59. The van der Waals surface area contributed by atoms with E-state index in [0.717, 1.165) is 12.8 Å². The number of alkyl halides is 3. The third kappa shape index (κ3) is 5.40. The SMILES string of the molecule is C=C[C@H](CCC)NC(=O)C(Cl)(Cl)Cl. The molecule has 0 aliphatic carbocycles. The van der Waals surface area contributed by atoms with Crippen LogP contribution in [0.5, 0.6) is 0 Å². The van der Waals surface area contributed by atoms with Gasteiger partial charge in [0.05, 0.1) is 0 Å². The highest BCUT2D eigenvalue weighted by atomic mass is 35.6. The molecule has 0 saturated heterocycles. The Morgan fingerprint density at radius 1 is 1.62 bits per heavy atom. The number of nitrogens with one attached hydrogen (secondary N) is 1. The van der Waals surface area contributed by atoms with E-state index in [1.54, 1.807) is 6.08 Å². The Morgan fingerprint density at radius 2 is 2.15 bits per heavy atom. The molecule has 0 aromatic heterocycles. The molecular weight excluding hydrogens is 232 g/mol. The molecule has 76 valence electrons. The number of carbonyl (C=O) groups is 1. The van der Waals surface area contributed by atoms with Gasteiger partial charge in [0, 0.05) is 6.04 Å². The van der Waals surface area contributed by atoms with Crippen LogP contribution in [0.1, 0.15) is 19.8 Å². The fourth-order valence-corrected chi connectivity index (χ4v) is 0.974. The molecule has 0 aliphatic heterocycles. The summed E-state index contributed by atoms with van der Waals surface area (Å²) in [5.41, 5.74) is 0. The summed E-state index contributed by atoms with van der Waals surface area (Å²) in [7, 11) is 0. The predicted molar refractivity (Wildman–Crippen MR) is 57.3 cm³/mol. The first-order valence-corrected chi connectivity index (χ1v) is 5.05. The predicted octanol–water partition coefficient (Wildman–Crippen LogP) is 2.83. The van der Waals surface area contributed by atoms with Crippen molar-refractivity contribution in [2.24, 2.45) is 0 Å². The maximum atomic E-state index is 11.2. The van der Waals surface area contributed by atoms with Crippen LogP contribution in [0.25, 0.3) is 0 Å². The van der Waals surface area contributed by atoms with Crippen molar-refractivity contribution in [3.63, 3.8) is 0 Å². The van der Waals surface area contributed by atoms with E-state index < -0.39 is 9.70 Å². The van der Waals surface area contributed by atoms with Gasteiger partial charge < -0.3 is 5.32 Å². The van der Waals surface area contributed by atoms with Gasteiger partial charge in [-0.05, 0) is 6.42 Å². The Bertz CT molecular complexity index is 188. The molecule has 0 radical (unpaired) electrons. The van der Waals surface area contributed by atoms with Gasteiger partial charge in [0.1, 0.15) is 0 Å². The molecule has 1 amide bonds. The minimum Gasteiger partial charge on any atom is -0.346 e. The average Bonchev–Trinajstić information content (AvgIpc) is 2.01. The molecular formula is C8H12Cl3NO. The minimum absolute atomic E-state index is 0.131. The van der Waals surface area contributed by atoms with E-state index in [1.807, 2.05) is 6.92 Å². The van der Waals surface area contributed by atoms with Crippen molar-refractivity contribution in [1.82, 2.24) is 5.32 Å². The van der Waals surface area contributed by atoms with Crippen LogP contribution in [0.2, 0.25) is 0 Å². The van der Waals surface area contributed by atoms with Gasteiger partial charge in [-0.15, -0.1) is 6.58 Å². The molecule has 0 rings (SSSR count). The molecule has 0 spiro atoms. The third-order valence-electron chi connectivity index (χ3n) is 1.46.